The summed E-state index contributed by atoms with van der Waals surface area (Å²) in [5.74, 6) is 0.622. The first-order valence-corrected chi connectivity index (χ1v) is 5.87. The van der Waals surface area contributed by atoms with Gasteiger partial charge in [0.1, 0.15) is 11.2 Å². The van der Waals surface area contributed by atoms with Gasteiger partial charge in [-0.1, -0.05) is 12.1 Å². The highest BCUT2D eigenvalue weighted by atomic mass is 16.5. The summed E-state index contributed by atoms with van der Waals surface area (Å²) in [5, 5.41) is 0. The molecule has 18 heavy (non-hydrogen) atoms. The van der Waals surface area contributed by atoms with Crippen molar-refractivity contribution in [1.82, 2.24) is 0 Å². The maximum Gasteiger partial charge on any atom is 0.321 e. The highest BCUT2D eigenvalue weighted by molar-refractivity contribution is 5.85. The van der Waals surface area contributed by atoms with Gasteiger partial charge in [0.15, 0.2) is 0 Å². The van der Waals surface area contributed by atoms with E-state index in [0.29, 0.717) is 13.2 Å². The van der Waals surface area contributed by atoms with E-state index in [-0.39, 0.29) is 5.97 Å². The predicted octanol–water partition coefficient (Wildman–Crippen LogP) is 1.75. The van der Waals surface area contributed by atoms with Gasteiger partial charge in [-0.05, 0) is 30.5 Å². The second-order valence-corrected chi connectivity index (χ2v) is 4.71. The highest BCUT2D eigenvalue weighted by Gasteiger charge is 2.49. The van der Waals surface area contributed by atoms with Crippen LogP contribution >= 0.6 is 0 Å². The van der Waals surface area contributed by atoms with Crippen LogP contribution < -0.4 is 4.74 Å². The minimum Gasteiger partial charge on any atom is -0.496 e. The van der Waals surface area contributed by atoms with Crippen LogP contribution in [0.4, 0.5) is 0 Å². The lowest BCUT2D eigenvalue weighted by molar-refractivity contribution is -0.166. The van der Waals surface area contributed by atoms with Crippen LogP contribution in [0.2, 0.25) is 0 Å². The molecular weight excluding hydrogens is 232 g/mol. The Hall–Kier alpha value is -1.55. The van der Waals surface area contributed by atoms with E-state index in [4.69, 9.17) is 14.2 Å². The molecule has 0 atom stereocenters. The topological polar surface area (TPSA) is 44.8 Å². The van der Waals surface area contributed by atoms with Crippen molar-refractivity contribution in [2.45, 2.75) is 19.3 Å². The summed E-state index contributed by atoms with van der Waals surface area (Å²) in [6.07, 6.45) is 0. The van der Waals surface area contributed by atoms with Crippen LogP contribution in [0.1, 0.15) is 16.7 Å². The van der Waals surface area contributed by atoms with Crippen molar-refractivity contribution in [3.63, 3.8) is 0 Å². The van der Waals surface area contributed by atoms with Crippen molar-refractivity contribution < 1.29 is 19.0 Å². The second-order valence-electron chi connectivity index (χ2n) is 4.71. The van der Waals surface area contributed by atoms with Gasteiger partial charge in [0, 0.05) is 0 Å². The largest absolute Gasteiger partial charge is 0.496 e. The van der Waals surface area contributed by atoms with Crippen LogP contribution in [0.25, 0.3) is 0 Å². The van der Waals surface area contributed by atoms with Crippen molar-refractivity contribution >= 4 is 5.97 Å². The van der Waals surface area contributed by atoms with Gasteiger partial charge in [-0.25, -0.2) is 0 Å². The average Bonchev–Trinajstić information content (AvgIpc) is 2.27. The first-order valence-electron chi connectivity index (χ1n) is 5.87. The molecule has 1 heterocycles. The van der Waals surface area contributed by atoms with Crippen LogP contribution in [0.15, 0.2) is 12.1 Å². The van der Waals surface area contributed by atoms with Gasteiger partial charge >= 0.3 is 5.97 Å². The fraction of sp³-hybridized carbons (Fsp3) is 0.500. The second kappa shape index (κ2) is 4.61. The Labute approximate surface area is 107 Å². The van der Waals surface area contributed by atoms with E-state index in [1.807, 2.05) is 26.0 Å². The Kier molecular flexibility index (Phi) is 3.30. The number of hydrogen-bond donors (Lipinski definition) is 0. The number of hydrogen-bond acceptors (Lipinski definition) is 4. The molecule has 0 unspecified atom stereocenters. The summed E-state index contributed by atoms with van der Waals surface area (Å²) < 4.78 is 15.5. The van der Waals surface area contributed by atoms with Crippen molar-refractivity contribution in [3.8, 4) is 5.75 Å². The fourth-order valence-corrected chi connectivity index (χ4v) is 2.45. The first-order chi connectivity index (χ1) is 8.55. The standard InChI is InChI=1S/C14H18O4/c1-9-5-11(6-10(2)12(9)16-3)14(7-18-8-14)13(15)17-4/h5-6H,7-8H2,1-4H3. The molecule has 98 valence electrons. The molecule has 0 spiro atoms. The number of rotatable bonds is 3. The molecule has 1 aromatic rings. The molecule has 0 bridgehead atoms. The molecule has 4 heteroatoms. The summed E-state index contributed by atoms with van der Waals surface area (Å²) in [7, 11) is 3.06. The maximum atomic E-state index is 12.0. The van der Waals surface area contributed by atoms with E-state index in [0.717, 1.165) is 22.4 Å². The van der Waals surface area contributed by atoms with E-state index >= 15 is 0 Å². The van der Waals surface area contributed by atoms with Gasteiger partial charge in [0.05, 0.1) is 27.4 Å². The molecule has 0 aliphatic carbocycles. The maximum absolute atomic E-state index is 12.0. The number of ether oxygens (including phenoxy) is 3. The Morgan fingerprint density at radius 1 is 1.22 bits per heavy atom. The fourth-order valence-electron chi connectivity index (χ4n) is 2.45. The number of methoxy groups -OCH3 is 2. The Morgan fingerprint density at radius 3 is 2.11 bits per heavy atom. The molecule has 1 fully saturated rings. The van der Waals surface area contributed by atoms with Crippen molar-refractivity contribution in [3.05, 3.63) is 28.8 Å². The van der Waals surface area contributed by atoms with Gasteiger partial charge in [-0.15, -0.1) is 0 Å². The third-order valence-corrected chi connectivity index (χ3v) is 3.49. The molecule has 1 aliphatic rings. The Morgan fingerprint density at radius 2 is 1.78 bits per heavy atom. The van der Waals surface area contributed by atoms with E-state index < -0.39 is 5.41 Å². The van der Waals surface area contributed by atoms with E-state index in [1.165, 1.54) is 7.11 Å². The summed E-state index contributed by atoms with van der Waals surface area (Å²) in [6, 6.07) is 3.95. The van der Waals surface area contributed by atoms with Crippen LogP contribution in [-0.2, 0) is 19.7 Å². The van der Waals surface area contributed by atoms with Crippen LogP contribution in [0, 0.1) is 13.8 Å². The van der Waals surface area contributed by atoms with E-state index in [9.17, 15) is 4.79 Å². The number of carbonyl (C=O) groups excluding carboxylic acids is 1. The molecule has 0 saturated carbocycles. The number of aryl methyl sites for hydroxylation is 2. The molecule has 0 aromatic heterocycles. The normalized spacial score (nSPS) is 16.9. The van der Waals surface area contributed by atoms with Crippen LogP contribution in [0.5, 0.6) is 5.75 Å². The SMILES string of the molecule is COC(=O)C1(c2cc(C)c(OC)c(C)c2)COC1. The summed E-state index contributed by atoms with van der Waals surface area (Å²) in [4.78, 5) is 12.0. The van der Waals surface area contributed by atoms with Crippen molar-refractivity contribution in [2.24, 2.45) is 0 Å². The summed E-state index contributed by atoms with van der Waals surface area (Å²) in [5.41, 5.74) is 2.33. The van der Waals surface area contributed by atoms with Gasteiger partial charge in [0.2, 0.25) is 0 Å². The Bertz CT molecular complexity index is 452. The molecule has 4 nitrogen and oxygen atoms in total. The third-order valence-electron chi connectivity index (χ3n) is 3.49. The zero-order chi connectivity index (χ0) is 13.3. The quantitative estimate of drug-likeness (QED) is 0.767. The first kappa shape index (κ1) is 12.9. The lowest BCUT2D eigenvalue weighted by atomic mass is 9.77. The summed E-state index contributed by atoms with van der Waals surface area (Å²) in [6.45, 7) is 4.70. The molecule has 0 amide bonds. The molecule has 1 saturated heterocycles. The average molecular weight is 250 g/mol. The van der Waals surface area contributed by atoms with Crippen molar-refractivity contribution in [1.29, 1.82) is 0 Å². The molecule has 1 aromatic carbocycles. The number of esters is 1. The zero-order valence-corrected chi connectivity index (χ0v) is 11.2. The highest BCUT2D eigenvalue weighted by Crippen LogP contribution is 2.37. The number of benzene rings is 1. The molecule has 0 N–H and O–H groups in total. The summed E-state index contributed by atoms with van der Waals surface area (Å²) >= 11 is 0. The monoisotopic (exact) mass is 250 g/mol. The van der Waals surface area contributed by atoms with E-state index in [1.54, 1.807) is 7.11 Å². The predicted molar refractivity (Wildman–Crippen MR) is 67.0 cm³/mol. The molecule has 1 aliphatic heterocycles. The smallest absolute Gasteiger partial charge is 0.321 e. The minimum absolute atomic E-state index is 0.238. The molecule has 2 rings (SSSR count). The molecular formula is C14H18O4. The number of carbonyl (C=O) groups is 1. The van der Waals surface area contributed by atoms with Crippen molar-refractivity contribution in [2.75, 3.05) is 27.4 Å². The van der Waals surface area contributed by atoms with Gasteiger partial charge in [0.25, 0.3) is 0 Å². The third kappa shape index (κ3) is 1.77. The van der Waals surface area contributed by atoms with E-state index in [2.05, 4.69) is 0 Å². The van der Waals surface area contributed by atoms with Crippen LogP contribution in [0.3, 0.4) is 0 Å². The Balaban J connectivity index is 2.48. The zero-order valence-electron chi connectivity index (χ0n) is 11.2. The minimum atomic E-state index is -0.642. The lowest BCUT2D eigenvalue weighted by Gasteiger charge is -2.39. The molecule has 0 radical (unpaired) electrons. The lowest BCUT2D eigenvalue weighted by Crippen LogP contribution is -2.53. The van der Waals surface area contributed by atoms with Gasteiger partial charge in [-0.3, -0.25) is 4.79 Å². The van der Waals surface area contributed by atoms with Crippen LogP contribution in [-0.4, -0.2) is 33.4 Å². The van der Waals surface area contributed by atoms with Gasteiger partial charge < -0.3 is 14.2 Å². The van der Waals surface area contributed by atoms with Gasteiger partial charge in [-0.2, -0.15) is 0 Å².